The van der Waals surface area contributed by atoms with Gasteiger partial charge in [0, 0.05) is 25.3 Å². The molecule has 5 heteroatoms. The molecule has 142 valence electrons. The number of hydrogen-bond donors (Lipinski definition) is 1. The van der Waals surface area contributed by atoms with E-state index in [0.717, 1.165) is 25.1 Å². The minimum Gasteiger partial charge on any atom is -0.400 e. The van der Waals surface area contributed by atoms with Crippen LogP contribution in [-0.4, -0.2) is 45.0 Å². The SMILES string of the molecule is CNCC(=Cc1cccc(N2CCCCC2)c1)B1OC(C)(C)C(C)(C)O1. The Labute approximate surface area is 159 Å². The van der Waals surface area contributed by atoms with Crippen LogP contribution in [0.15, 0.2) is 29.7 Å². The Morgan fingerprint density at radius 3 is 2.38 bits per heavy atom. The molecule has 0 amide bonds. The van der Waals surface area contributed by atoms with Crippen LogP contribution in [0.1, 0.15) is 52.5 Å². The molecule has 2 aliphatic rings. The largest absolute Gasteiger partial charge is 0.491 e. The third kappa shape index (κ3) is 4.16. The van der Waals surface area contributed by atoms with E-state index in [1.807, 2.05) is 7.05 Å². The van der Waals surface area contributed by atoms with Gasteiger partial charge in [0.25, 0.3) is 0 Å². The Hall–Kier alpha value is -1.30. The molecular weight excluding hydrogens is 323 g/mol. The van der Waals surface area contributed by atoms with Gasteiger partial charge in [0.1, 0.15) is 0 Å². The fraction of sp³-hybridized carbons (Fsp3) is 0.619. The van der Waals surface area contributed by atoms with Crippen molar-refractivity contribution in [2.45, 2.75) is 58.2 Å². The van der Waals surface area contributed by atoms with Crippen molar-refractivity contribution in [2.24, 2.45) is 0 Å². The molecule has 2 aliphatic heterocycles. The maximum atomic E-state index is 6.26. The molecule has 0 bridgehead atoms. The van der Waals surface area contributed by atoms with E-state index in [9.17, 15) is 0 Å². The summed E-state index contributed by atoms with van der Waals surface area (Å²) in [5.74, 6) is 0. The Kier molecular flexibility index (Phi) is 5.80. The third-order valence-electron chi connectivity index (χ3n) is 5.88. The predicted molar refractivity (Wildman–Crippen MR) is 110 cm³/mol. The number of anilines is 1. The van der Waals surface area contributed by atoms with Crippen LogP contribution >= 0.6 is 0 Å². The summed E-state index contributed by atoms with van der Waals surface area (Å²) in [4.78, 5) is 2.49. The highest BCUT2D eigenvalue weighted by Gasteiger charge is 2.52. The summed E-state index contributed by atoms with van der Waals surface area (Å²) >= 11 is 0. The molecule has 2 heterocycles. The molecule has 26 heavy (non-hydrogen) atoms. The quantitative estimate of drug-likeness (QED) is 0.811. The molecule has 4 nitrogen and oxygen atoms in total. The normalized spacial score (nSPS) is 22.7. The van der Waals surface area contributed by atoms with Gasteiger partial charge < -0.3 is 19.5 Å². The summed E-state index contributed by atoms with van der Waals surface area (Å²) in [7, 11) is 1.65. The van der Waals surface area contributed by atoms with E-state index in [0.29, 0.717) is 0 Å². The standard InChI is InChI=1S/C21H33BN2O2/c1-20(2)21(3,4)26-22(25-20)18(16-23-5)14-17-10-9-11-19(15-17)24-12-7-6-8-13-24/h9-11,14-15,23H,6-8,12-13,16H2,1-5H3. The maximum absolute atomic E-state index is 6.26. The van der Waals surface area contributed by atoms with Crippen LogP contribution in [0.2, 0.25) is 0 Å². The van der Waals surface area contributed by atoms with Crippen LogP contribution in [0.3, 0.4) is 0 Å². The Morgan fingerprint density at radius 1 is 1.12 bits per heavy atom. The molecule has 1 aromatic carbocycles. The monoisotopic (exact) mass is 356 g/mol. The Morgan fingerprint density at radius 2 is 1.77 bits per heavy atom. The van der Waals surface area contributed by atoms with Crippen LogP contribution in [-0.2, 0) is 9.31 Å². The molecule has 0 aliphatic carbocycles. The minimum absolute atomic E-state index is 0.314. The molecule has 1 aromatic rings. The van der Waals surface area contributed by atoms with E-state index in [1.165, 1.54) is 30.5 Å². The van der Waals surface area contributed by atoms with Gasteiger partial charge in [0.2, 0.25) is 0 Å². The second kappa shape index (κ2) is 7.75. The average molecular weight is 356 g/mol. The fourth-order valence-electron chi connectivity index (χ4n) is 3.58. The highest BCUT2D eigenvalue weighted by Crippen LogP contribution is 2.38. The van der Waals surface area contributed by atoms with E-state index in [1.54, 1.807) is 0 Å². The van der Waals surface area contributed by atoms with Crippen LogP contribution < -0.4 is 10.2 Å². The summed E-state index contributed by atoms with van der Waals surface area (Å²) in [6.07, 6.45) is 6.15. The van der Waals surface area contributed by atoms with Gasteiger partial charge >= 0.3 is 7.12 Å². The fourth-order valence-corrected chi connectivity index (χ4v) is 3.58. The van der Waals surface area contributed by atoms with Crippen molar-refractivity contribution in [3.63, 3.8) is 0 Å². The third-order valence-corrected chi connectivity index (χ3v) is 5.88. The Balaban J connectivity index is 1.83. The lowest BCUT2D eigenvalue weighted by Crippen LogP contribution is -2.41. The minimum atomic E-state index is -0.319. The second-order valence-corrected chi connectivity index (χ2v) is 8.48. The molecule has 2 saturated heterocycles. The lowest BCUT2D eigenvalue weighted by molar-refractivity contribution is 0.00578. The van der Waals surface area contributed by atoms with Gasteiger partial charge in [-0.3, -0.25) is 0 Å². The molecular formula is C21H33BN2O2. The first-order valence-electron chi connectivity index (χ1n) is 9.88. The first kappa shape index (κ1) is 19.5. The van der Waals surface area contributed by atoms with Crippen LogP contribution in [0.4, 0.5) is 5.69 Å². The number of rotatable bonds is 5. The lowest BCUT2D eigenvalue weighted by atomic mass is 9.77. The highest BCUT2D eigenvalue weighted by atomic mass is 16.7. The average Bonchev–Trinajstić information content (AvgIpc) is 2.83. The summed E-state index contributed by atoms with van der Waals surface area (Å²) in [5.41, 5.74) is 3.01. The summed E-state index contributed by atoms with van der Waals surface area (Å²) < 4.78 is 12.5. The van der Waals surface area contributed by atoms with E-state index in [4.69, 9.17) is 9.31 Å². The summed E-state index contributed by atoms with van der Waals surface area (Å²) in [5, 5.41) is 3.26. The molecule has 0 unspecified atom stereocenters. The van der Waals surface area contributed by atoms with Crippen molar-refractivity contribution in [3.8, 4) is 0 Å². The number of benzene rings is 1. The smallest absolute Gasteiger partial charge is 0.400 e. The molecule has 0 atom stereocenters. The maximum Gasteiger partial charge on any atom is 0.491 e. The summed E-state index contributed by atoms with van der Waals surface area (Å²) in [6, 6.07) is 8.81. The lowest BCUT2D eigenvalue weighted by Gasteiger charge is -2.32. The van der Waals surface area contributed by atoms with Crippen molar-refractivity contribution in [1.82, 2.24) is 5.32 Å². The van der Waals surface area contributed by atoms with Gasteiger partial charge in [0.05, 0.1) is 11.2 Å². The molecule has 2 fully saturated rings. The summed E-state index contributed by atoms with van der Waals surface area (Å²) in [6.45, 7) is 11.5. The molecule has 1 N–H and O–H groups in total. The van der Waals surface area contributed by atoms with E-state index >= 15 is 0 Å². The highest BCUT2D eigenvalue weighted by molar-refractivity contribution is 6.55. The molecule has 0 aromatic heterocycles. The zero-order chi connectivity index (χ0) is 18.8. The van der Waals surface area contributed by atoms with E-state index in [2.05, 4.69) is 68.3 Å². The zero-order valence-electron chi connectivity index (χ0n) is 17.0. The number of nitrogens with one attached hydrogen (secondary N) is 1. The molecule has 0 saturated carbocycles. The first-order valence-corrected chi connectivity index (χ1v) is 9.88. The predicted octanol–water partition coefficient (Wildman–Crippen LogP) is 3.91. The van der Waals surface area contributed by atoms with Crippen molar-refractivity contribution in [2.75, 3.05) is 31.6 Å². The number of nitrogens with zero attached hydrogens (tertiary/aromatic N) is 1. The van der Waals surface area contributed by atoms with Crippen LogP contribution in [0.5, 0.6) is 0 Å². The van der Waals surface area contributed by atoms with E-state index < -0.39 is 0 Å². The molecule has 0 radical (unpaired) electrons. The Bertz CT molecular complexity index is 635. The van der Waals surface area contributed by atoms with Crippen molar-refractivity contribution in [3.05, 3.63) is 35.3 Å². The molecule has 3 rings (SSSR count). The van der Waals surface area contributed by atoms with Gasteiger partial charge in [-0.15, -0.1) is 0 Å². The van der Waals surface area contributed by atoms with Crippen molar-refractivity contribution < 1.29 is 9.31 Å². The van der Waals surface area contributed by atoms with Crippen LogP contribution in [0, 0.1) is 0 Å². The van der Waals surface area contributed by atoms with Crippen molar-refractivity contribution in [1.29, 1.82) is 0 Å². The topological polar surface area (TPSA) is 33.7 Å². The number of likely N-dealkylation sites (N-methyl/N-ethyl adjacent to an activating group) is 1. The van der Waals surface area contributed by atoms with Gasteiger partial charge in [-0.1, -0.05) is 18.2 Å². The number of hydrogen-bond acceptors (Lipinski definition) is 4. The second-order valence-electron chi connectivity index (χ2n) is 8.48. The van der Waals surface area contributed by atoms with Gasteiger partial charge in [0.15, 0.2) is 0 Å². The number of piperidine rings is 1. The molecule has 0 spiro atoms. The van der Waals surface area contributed by atoms with Crippen LogP contribution in [0.25, 0.3) is 6.08 Å². The first-order chi connectivity index (χ1) is 12.3. The van der Waals surface area contributed by atoms with Gasteiger partial charge in [-0.2, -0.15) is 0 Å². The van der Waals surface area contributed by atoms with Gasteiger partial charge in [-0.05, 0) is 77.2 Å². The van der Waals surface area contributed by atoms with Gasteiger partial charge in [-0.25, -0.2) is 0 Å². The van der Waals surface area contributed by atoms with E-state index in [-0.39, 0.29) is 18.3 Å². The zero-order valence-corrected chi connectivity index (χ0v) is 17.0. The van der Waals surface area contributed by atoms with Crippen molar-refractivity contribution >= 4 is 18.9 Å².